The third kappa shape index (κ3) is 3.73. The summed E-state index contributed by atoms with van der Waals surface area (Å²) in [5.41, 5.74) is 9.63. The summed E-state index contributed by atoms with van der Waals surface area (Å²) >= 11 is 0. The van der Waals surface area contributed by atoms with Crippen LogP contribution in [-0.2, 0) is 4.79 Å². The molecule has 0 unspecified atom stereocenters. The van der Waals surface area contributed by atoms with Crippen molar-refractivity contribution in [3.8, 4) is 0 Å². The van der Waals surface area contributed by atoms with Crippen LogP contribution >= 0.6 is 8.37 Å². The number of rotatable bonds is 1. The van der Waals surface area contributed by atoms with Crippen LogP contribution in [0.15, 0.2) is 4.76 Å². The Morgan fingerprint density at radius 1 is 1.67 bits per heavy atom. The van der Waals surface area contributed by atoms with Crippen molar-refractivity contribution in [2.24, 2.45) is 15.8 Å². The molecule has 0 aliphatic carbocycles. The van der Waals surface area contributed by atoms with Gasteiger partial charge in [-0.2, -0.15) is 0 Å². The summed E-state index contributed by atoms with van der Waals surface area (Å²) in [4.78, 5) is 9.18. The van der Waals surface area contributed by atoms with Gasteiger partial charge in [-0.05, 0) is 0 Å². The zero-order valence-corrected chi connectivity index (χ0v) is 3.85. The van der Waals surface area contributed by atoms with Gasteiger partial charge in [0, 0.05) is 0 Å². The Balaban J connectivity index is 3.29. The molecule has 0 amide bonds. The molecule has 0 aliphatic heterocycles. The van der Waals surface area contributed by atoms with Gasteiger partial charge in [0.15, 0.2) is 8.37 Å². The predicted molar refractivity (Wildman–Crippen MR) is 23.4 cm³/mol. The second kappa shape index (κ2) is 2.94. The molecule has 0 aromatic rings. The summed E-state index contributed by atoms with van der Waals surface area (Å²) in [6, 6.07) is 0. The van der Waals surface area contributed by atoms with E-state index < -0.39 is 8.37 Å². The van der Waals surface area contributed by atoms with Gasteiger partial charge in [-0.1, -0.05) is 0 Å². The van der Waals surface area contributed by atoms with Crippen molar-refractivity contribution in [2.75, 3.05) is 0 Å². The molecule has 0 saturated carbocycles. The van der Waals surface area contributed by atoms with Gasteiger partial charge >= 0.3 is 0 Å². The van der Waals surface area contributed by atoms with Crippen molar-refractivity contribution in [1.82, 2.24) is 0 Å². The highest BCUT2D eigenvalue weighted by atomic mass is 31.1. The van der Waals surface area contributed by atoms with Gasteiger partial charge in [0.1, 0.15) is 0 Å². The molecule has 4 nitrogen and oxygen atoms in total. The molecule has 0 heterocycles. The number of isocyanates is 1. The molecule has 0 rings (SSSR count). The molecule has 0 fully saturated rings. The fraction of sp³-hybridized carbons (Fsp3) is 0. The van der Waals surface area contributed by atoms with Gasteiger partial charge < -0.3 is 0 Å². The van der Waals surface area contributed by atoms with E-state index in [0.717, 1.165) is 0 Å². The van der Waals surface area contributed by atoms with Crippen LogP contribution in [0.5, 0.6) is 0 Å². The Hall–Kier alpha value is -0.270. The number of nitrogens with two attached hydrogens (primary N) is 2. The molecule has 0 atom stereocenters. The Morgan fingerprint density at radius 3 is 2.17 bits per heavy atom. The van der Waals surface area contributed by atoms with E-state index in [1.54, 1.807) is 0 Å². The Kier molecular flexibility index (Phi) is 2.81. The van der Waals surface area contributed by atoms with Gasteiger partial charge in [0.2, 0.25) is 6.08 Å². The standard InChI is InChI=1S/CH4N3OP/c2-6(3)4-1-5/h2-3H2. The Bertz CT molecular complexity index is 74.9. The van der Waals surface area contributed by atoms with Crippen LogP contribution in [0.25, 0.3) is 0 Å². The smallest absolute Gasteiger partial charge is 0.241 e. The van der Waals surface area contributed by atoms with E-state index in [4.69, 9.17) is 11.0 Å². The van der Waals surface area contributed by atoms with Gasteiger partial charge in [-0.25, -0.2) is 4.79 Å². The second-order valence-electron chi connectivity index (χ2n) is 0.571. The summed E-state index contributed by atoms with van der Waals surface area (Å²) in [5.74, 6) is 0. The fourth-order valence-electron chi connectivity index (χ4n) is 0.0471. The first kappa shape index (κ1) is 5.73. The lowest BCUT2D eigenvalue weighted by Crippen LogP contribution is -1.92. The lowest BCUT2D eigenvalue weighted by atomic mass is 11.7. The molecule has 0 spiro atoms. The first-order chi connectivity index (χ1) is 2.77. The molecule has 34 valence electrons. The van der Waals surface area contributed by atoms with Gasteiger partial charge in [-0.15, -0.1) is 4.76 Å². The molecule has 0 aromatic carbocycles. The molecular weight excluding hydrogens is 101 g/mol. The number of carbonyl (C=O) groups excluding carboxylic acids is 1. The zero-order chi connectivity index (χ0) is 4.99. The van der Waals surface area contributed by atoms with E-state index in [1.165, 1.54) is 6.08 Å². The van der Waals surface area contributed by atoms with Crippen molar-refractivity contribution < 1.29 is 4.79 Å². The summed E-state index contributed by atoms with van der Waals surface area (Å²) in [6.45, 7) is 0. The molecule has 0 saturated heterocycles. The Morgan fingerprint density at radius 2 is 2.17 bits per heavy atom. The van der Waals surface area contributed by atoms with Crippen LogP contribution in [0.1, 0.15) is 0 Å². The van der Waals surface area contributed by atoms with Crippen LogP contribution in [0.4, 0.5) is 0 Å². The highest BCUT2D eigenvalue weighted by molar-refractivity contribution is 7.51. The lowest BCUT2D eigenvalue weighted by molar-refractivity contribution is 0.566. The average Bonchev–Trinajstić information content (AvgIpc) is 1.35. The van der Waals surface area contributed by atoms with Gasteiger partial charge in [-0.3, -0.25) is 11.0 Å². The van der Waals surface area contributed by atoms with E-state index in [1.807, 2.05) is 0 Å². The van der Waals surface area contributed by atoms with E-state index >= 15 is 0 Å². The zero-order valence-electron chi connectivity index (χ0n) is 2.96. The van der Waals surface area contributed by atoms with E-state index in [0.29, 0.717) is 0 Å². The third-order valence-electron chi connectivity index (χ3n) is 0.156. The minimum atomic E-state index is -1.40. The van der Waals surface area contributed by atoms with Crippen LogP contribution < -0.4 is 11.0 Å². The molecule has 0 radical (unpaired) electrons. The van der Waals surface area contributed by atoms with E-state index in [-0.39, 0.29) is 0 Å². The largest absolute Gasteiger partial charge is 0.278 e. The molecule has 0 aromatic heterocycles. The minimum absolute atomic E-state index is 1.22. The monoisotopic (exact) mass is 105 g/mol. The maximum absolute atomic E-state index is 9.18. The highest BCUT2D eigenvalue weighted by Gasteiger charge is 1.79. The third-order valence-corrected chi connectivity index (χ3v) is 0.469. The molecule has 4 N–H and O–H groups in total. The maximum atomic E-state index is 9.18. The Labute approximate surface area is 36.1 Å². The van der Waals surface area contributed by atoms with Crippen LogP contribution in [0.3, 0.4) is 0 Å². The molecule has 5 heteroatoms. The van der Waals surface area contributed by atoms with Crippen molar-refractivity contribution in [2.45, 2.75) is 0 Å². The SMILES string of the molecule is NP(N)N=C=O. The van der Waals surface area contributed by atoms with Crippen molar-refractivity contribution >= 4 is 14.5 Å². The van der Waals surface area contributed by atoms with Crippen LogP contribution in [0.2, 0.25) is 0 Å². The first-order valence-corrected chi connectivity index (χ1v) is 2.58. The van der Waals surface area contributed by atoms with Crippen LogP contribution in [0, 0.1) is 0 Å². The topological polar surface area (TPSA) is 81.5 Å². The number of nitrogens with zero attached hydrogens (tertiary/aromatic N) is 1. The summed E-state index contributed by atoms with van der Waals surface area (Å²) in [6.07, 6.45) is 1.22. The summed E-state index contributed by atoms with van der Waals surface area (Å²) < 4.78 is 2.94. The predicted octanol–water partition coefficient (Wildman–Crippen LogP) is -0.534. The number of hydrogen-bond donors (Lipinski definition) is 2. The molecular formula is CH4N3OP. The normalized spacial score (nSPS) is 7.83. The average molecular weight is 105 g/mol. The minimum Gasteiger partial charge on any atom is -0.278 e. The second-order valence-corrected chi connectivity index (χ2v) is 1.53. The molecule has 0 aliphatic rings. The summed E-state index contributed by atoms with van der Waals surface area (Å²) in [5, 5.41) is 0. The summed E-state index contributed by atoms with van der Waals surface area (Å²) in [7, 11) is -1.40. The lowest BCUT2D eigenvalue weighted by Gasteiger charge is -1.83. The molecule has 0 bridgehead atoms. The van der Waals surface area contributed by atoms with Crippen LogP contribution in [-0.4, -0.2) is 6.08 Å². The van der Waals surface area contributed by atoms with Gasteiger partial charge in [0.25, 0.3) is 0 Å². The van der Waals surface area contributed by atoms with Crippen molar-refractivity contribution in [1.29, 1.82) is 0 Å². The van der Waals surface area contributed by atoms with E-state index in [2.05, 4.69) is 4.76 Å². The van der Waals surface area contributed by atoms with Crippen molar-refractivity contribution in [3.05, 3.63) is 0 Å². The molecule has 6 heavy (non-hydrogen) atoms. The maximum Gasteiger partial charge on any atom is 0.241 e. The highest BCUT2D eigenvalue weighted by Crippen LogP contribution is 2.10. The quantitative estimate of drug-likeness (QED) is 0.267. The first-order valence-electron chi connectivity index (χ1n) is 1.14. The van der Waals surface area contributed by atoms with Gasteiger partial charge in [0.05, 0.1) is 0 Å². The fourth-order valence-corrected chi connectivity index (χ4v) is 0.141. The number of hydrogen-bond acceptors (Lipinski definition) is 4. The van der Waals surface area contributed by atoms with E-state index in [9.17, 15) is 4.79 Å². The van der Waals surface area contributed by atoms with Crippen molar-refractivity contribution in [3.63, 3.8) is 0 Å².